The van der Waals surface area contributed by atoms with Gasteiger partial charge in [-0.05, 0) is 68.2 Å². The van der Waals surface area contributed by atoms with Crippen LogP contribution >= 0.6 is 0 Å². The van der Waals surface area contributed by atoms with Crippen molar-refractivity contribution in [3.05, 3.63) is 64.7 Å². The maximum Gasteiger partial charge on any atom is 0.335 e. The summed E-state index contributed by atoms with van der Waals surface area (Å²) >= 11 is 0. The van der Waals surface area contributed by atoms with Crippen LogP contribution in [-0.2, 0) is 9.59 Å². The second-order valence-corrected chi connectivity index (χ2v) is 7.53. The van der Waals surface area contributed by atoms with Crippen LogP contribution in [0.3, 0.4) is 0 Å². The van der Waals surface area contributed by atoms with Gasteiger partial charge in [0.1, 0.15) is 5.57 Å². The molecule has 0 spiro atoms. The number of imide groups is 2. The Morgan fingerprint density at radius 1 is 0.897 bits per heavy atom. The number of aryl methyl sites for hydroxylation is 2. The van der Waals surface area contributed by atoms with E-state index in [9.17, 15) is 14.4 Å². The molecule has 1 N–H and O–H groups in total. The number of amides is 4. The summed E-state index contributed by atoms with van der Waals surface area (Å²) in [4.78, 5) is 41.0. The zero-order valence-corrected chi connectivity index (χ0v) is 16.6. The number of hydrogen-bond acceptors (Lipinski definition) is 4. The number of barbiturate groups is 1. The summed E-state index contributed by atoms with van der Waals surface area (Å²) in [6.07, 6.45) is 3.96. The SMILES string of the molecule is Cc1ccc(N2C(=O)NC(=O)/C(=C\c3ccc(N4CCCC4)cc3C)C2=O)cc1. The Bertz CT molecular complexity index is 1020. The highest BCUT2D eigenvalue weighted by Gasteiger charge is 2.36. The van der Waals surface area contributed by atoms with E-state index in [4.69, 9.17) is 0 Å². The van der Waals surface area contributed by atoms with E-state index in [-0.39, 0.29) is 5.57 Å². The molecule has 0 bridgehead atoms. The van der Waals surface area contributed by atoms with Gasteiger partial charge in [0.2, 0.25) is 0 Å². The van der Waals surface area contributed by atoms with Gasteiger partial charge < -0.3 is 4.90 Å². The van der Waals surface area contributed by atoms with Crippen LogP contribution in [-0.4, -0.2) is 30.9 Å². The number of carbonyl (C=O) groups excluding carboxylic acids is 3. The first-order chi connectivity index (χ1) is 13.9. The van der Waals surface area contributed by atoms with Crippen LogP contribution in [0.2, 0.25) is 0 Å². The fourth-order valence-electron chi connectivity index (χ4n) is 3.74. The Labute approximate surface area is 169 Å². The molecule has 2 aromatic carbocycles. The summed E-state index contributed by atoms with van der Waals surface area (Å²) in [5.41, 5.74) is 4.29. The lowest BCUT2D eigenvalue weighted by atomic mass is 10.0. The molecule has 0 aromatic heterocycles. The molecule has 0 unspecified atom stereocenters. The first-order valence-corrected chi connectivity index (χ1v) is 9.78. The number of nitrogens with zero attached hydrogens (tertiary/aromatic N) is 2. The molecule has 0 saturated carbocycles. The van der Waals surface area contributed by atoms with Gasteiger partial charge in [-0.15, -0.1) is 0 Å². The van der Waals surface area contributed by atoms with E-state index in [1.54, 1.807) is 18.2 Å². The monoisotopic (exact) mass is 389 g/mol. The van der Waals surface area contributed by atoms with Gasteiger partial charge in [0.15, 0.2) is 0 Å². The molecule has 148 valence electrons. The molecule has 2 saturated heterocycles. The minimum absolute atomic E-state index is 0.0535. The average Bonchev–Trinajstić information content (AvgIpc) is 3.22. The standard InChI is InChI=1S/C23H23N3O3/c1-15-5-8-18(9-6-15)26-22(28)20(21(27)24-23(26)29)14-17-7-10-19(13-16(17)2)25-11-3-4-12-25/h5-10,13-14H,3-4,11-12H2,1-2H3,(H,24,27,29)/b20-14+. The van der Waals surface area contributed by atoms with Crippen molar-refractivity contribution in [2.24, 2.45) is 0 Å². The van der Waals surface area contributed by atoms with Gasteiger partial charge in [0.25, 0.3) is 11.8 Å². The van der Waals surface area contributed by atoms with Crippen molar-refractivity contribution in [3.8, 4) is 0 Å². The Morgan fingerprint density at radius 3 is 2.21 bits per heavy atom. The fraction of sp³-hybridized carbons (Fsp3) is 0.261. The van der Waals surface area contributed by atoms with Gasteiger partial charge in [0, 0.05) is 18.8 Å². The number of hydrogen-bond donors (Lipinski definition) is 1. The molecular formula is C23H23N3O3. The summed E-state index contributed by atoms with van der Waals surface area (Å²) in [5.74, 6) is -1.29. The third kappa shape index (κ3) is 3.66. The van der Waals surface area contributed by atoms with E-state index in [0.29, 0.717) is 5.69 Å². The lowest BCUT2D eigenvalue weighted by Gasteiger charge is -2.26. The van der Waals surface area contributed by atoms with Gasteiger partial charge in [-0.3, -0.25) is 14.9 Å². The molecule has 4 amide bonds. The van der Waals surface area contributed by atoms with Crippen molar-refractivity contribution in [3.63, 3.8) is 0 Å². The van der Waals surface area contributed by atoms with Crippen molar-refractivity contribution >= 4 is 35.3 Å². The minimum Gasteiger partial charge on any atom is -0.372 e. The van der Waals surface area contributed by atoms with E-state index < -0.39 is 17.8 Å². The van der Waals surface area contributed by atoms with Crippen molar-refractivity contribution in [2.45, 2.75) is 26.7 Å². The van der Waals surface area contributed by atoms with Crippen LogP contribution in [0.5, 0.6) is 0 Å². The lowest BCUT2D eigenvalue weighted by Crippen LogP contribution is -2.54. The van der Waals surface area contributed by atoms with Crippen LogP contribution in [0.4, 0.5) is 16.2 Å². The van der Waals surface area contributed by atoms with Gasteiger partial charge in [0.05, 0.1) is 5.69 Å². The van der Waals surface area contributed by atoms with Crippen LogP contribution in [0.25, 0.3) is 6.08 Å². The van der Waals surface area contributed by atoms with Crippen molar-refractivity contribution < 1.29 is 14.4 Å². The molecule has 0 radical (unpaired) electrons. The predicted molar refractivity (Wildman–Crippen MR) is 113 cm³/mol. The quantitative estimate of drug-likeness (QED) is 0.644. The summed E-state index contributed by atoms with van der Waals surface area (Å²) in [6, 6.07) is 12.3. The zero-order valence-electron chi connectivity index (χ0n) is 16.6. The molecule has 29 heavy (non-hydrogen) atoms. The van der Waals surface area contributed by atoms with Crippen LogP contribution in [0.1, 0.15) is 29.5 Å². The van der Waals surface area contributed by atoms with E-state index in [1.165, 1.54) is 12.8 Å². The van der Waals surface area contributed by atoms with E-state index in [0.717, 1.165) is 40.4 Å². The van der Waals surface area contributed by atoms with Gasteiger partial charge >= 0.3 is 6.03 Å². The van der Waals surface area contributed by atoms with Crippen LogP contribution < -0.4 is 15.1 Å². The summed E-state index contributed by atoms with van der Waals surface area (Å²) in [7, 11) is 0. The topological polar surface area (TPSA) is 69.7 Å². The van der Waals surface area contributed by atoms with Crippen LogP contribution in [0.15, 0.2) is 48.0 Å². The fourth-order valence-corrected chi connectivity index (χ4v) is 3.74. The molecule has 4 rings (SSSR count). The molecular weight excluding hydrogens is 366 g/mol. The molecule has 2 aliphatic heterocycles. The number of nitrogens with one attached hydrogen (secondary N) is 1. The molecule has 2 aromatic rings. The van der Waals surface area contributed by atoms with Crippen LogP contribution in [0, 0.1) is 13.8 Å². The van der Waals surface area contributed by atoms with Crippen molar-refractivity contribution in [1.82, 2.24) is 5.32 Å². The number of anilines is 2. The summed E-state index contributed by atoms with van der Waals surface area (Å²) in [6.45, 7) is 5.98. The number of benzene rings is 2. The molecule has 0 aliphatic carbocycles. The third-order valence-electron chi connectivity index (χ3n) is 5.42. The molecule has 2 heterocycles. The maximum atomic E-state index is 13.0. The molecule has 6 heteroatoms. The van der Waals surface area contributed by atoms with E-state index in [1.807, 2.05) is 38.1 Å². The zero-order chi connectivity index (χ0) is 20.5. The van der Waals surface area contributed by atoms with Gasteiger partial charge in [-0.25, -0.2) is 9.69 Å². The Kier molecular flexibility index (Phi) is 4.92. The second kappa shape index (κ2) is 7.54. The predicted octanol–water partition coefficient (Wildman–Crippen LogP) is 3.57. The number of carbonyl (C=O) groups is 3. The maximum absolute atomic E-state index is 13.0. The van der Waals surface area contributed by atoms with E-state index >= 15 is 0 Å². The highest BCUT2D eigenvalue weighted by molar-refractivity contribution is 6.39. The highest BCUT2D eigenvalue weighted by Crippen LogP contribution is 2.26. The van der Waals surface area contributed by atoms with E-state index in [2.05, 4.69) is 16.3 Å². The first-order valence-electron chi connectivity index (χ1n) is 9.78. The molecule has 6 nitrogen and oxygen atoms in total. The van der Waals surface area contributed by atoms with Gasteiger partial charge in [-0.1, -0.05) is 23.8 Å². The first kappa shape index (κ1) is 18.9. The molecule has 0 atom stereocenters. The Balaban J connectivity index is 1.66. The summed E-state index contributed by atoms with van der Waals surface area (Å²) in [5, 5.41) is 2.27. The van der Waals surface area contributed by atoms with Crippen molar-refractivity contribution in [2.75, 3.05) is 22.9 Å². The minimum atomic E-state index is -0.734. The van der Waals surface area contributed by atoms with Crippen molar-refractivity contribution in [1.29, 1.82) is 0 Å². The molecule has 2 fully saturated rings. The third-order valence-corrected chi connectivity index (χ3v) is 5.42. The lowest BCUT2D eigenvalue weighted by molar-refractivity contribution is -0.122. The summed E-state index contributed by atoms with van der Waals surface area (Å²) < 4.78 is 0. The molecule has 2 aliphatic rings. The number of rotatable bonds is 3. The largest absolute Gasteiger partial charge is 0.372 e. The average molecular weight is 389 g/mol. The van der Waals surface area contributed by atoms with Gasteiger partial charge in [-0.2, -0.15) is 0 Å². The second-order valence-electron chi connectivity index (χ2n) is 7.53. The smallest absolute Gasteiger partial charge is 0.335 e. The number of urea groups is 1. The highest BCUT2D eigenvalue weighted by atomic mass is 16.2. The normalized spacial score (nSPS) is 18.6. The Morgan fingerprint density at radius 2 is 1.55 bits per heavy atom. The Hall–Kier alpha value is -3.41.